The van der Waals surface area contributed by atoms with Crippen LogP contribution in [0.4, 0.5) is 10.1 Å². The fraction of sp³-hybridized carbons (Fsp3) is 0.417. The van der Waals surface area contributed by atoms with E-state index < -0.39 is 17.9 Å². The van der Waals surface area contributed by atoms with Crippen molar-refractivity contribution in [3.8, 4) is 5.75 Å². The van der Waals surface area contributed by atoms with E-state index in [1.165, 1.54) is 19.2 Å². The number of hydrogen-bond acceptors (Lipinski definition) is 4. The lowest BCUT2D eigenvalue weighted by molar-refractivity contribution is -0.137. The first-order valence-electron chi connectivity index (χ1n) is 5.50. The first-order valence-corrected chi connectivity index (χ1v) is 5.50. The summed E-state index contributed by atoms with van der Waals surface area (Å²) in [6.07, 6.45) is -0.730. The summed E-state index contributed by atoms with van der Waals surface area (Å²) < 4.78 is 18.1. The van der Waals surface area contributed by atoms with Crippen LogP contribution in [-0.2, 0) is 4.79 Å². The maximum absolute atomic E-state index is 13.3. The van der Waals surface area contributed by atoms with Gasteiger partial charge in [-0.25, -0.2) is 4.39 Å². The van der Waals surface area contributed by atoms with E-state index in [0.29, 0.717) is 5.69 Å². The number of benzene rings is 1. The second kappa shape index (κ2) is 6.80. The first kappa shape index (κ1) is 14.2. The molecule has 0 aliphatic rings. The molecule has 1 unspecified atom stereocenters. The number of aliphatic hydroxyl groups excluding tert-OH is 1. The third-order valence-corrected chi connectivity index (χ3v) is 2.39. The lowest BCUT2D eigenvalue weighted by atomic mass is 10.2. The summed E-state index contributed by atoms with van der Waals surface area (Å²) in [5.74, 6) is -1.31. The van der Waals surface area contributed by atoms with Crippen molar-refractivity contribution in [1.82, 2.24) is 0 Å². The normalized spacial score (nSPS) is 11.9. The molecule has 1 rings (SSSR count). The summed E-state index contributed by atoms with van der Waals surface area (Å²) in [5, 5.41) is 20.8. The van der Waals surface area contributed by atoms with E-state index in [1.54, 1.807) is 6.07 Å². The number of rotatable bonds is 7. The number of nitrogens with one attached hydrogen (secondary N) is 1. The van der Waals surface area contributed by atoms with Crippen molar-refractivity contribution >= 4 is 11.7 Å². The molecule has 0 aliphatic heterocycles. The van der Waals surface area contributed by atoms with Crippen molar-refractivity contribution in [3.63, 3.8) is 0 Å². The summed E-state index contributed by atoms with van der Waals surface area (Å²) >= 11 is 0. The largest absolute Gasteiger partial charge is 0.494 e. The minimum Gasteiger partial charge on any atom is -0.494 e. The van der Waals surface area contributed by atoms with Gasteiger partial charge in [-0.15, -0.1) is 0 Å². The van der Waals surface area contributed by atoms with Gasteiger partial charge in [0, 0.05) is 24.7 Å². The lowest BCUT2D eigenvalue weighted by Gasteiger charge is -2.12. The third kappa shape index (κ3) is 4.58. The van der Waals surface area contributed by atoms with Crippen LogP contribution in [0.1, 0.15) is 12.8 Å². The predicted molar refractivity (Wildman–Crippen MR) is 64.3 cm³/mol. The van der Waals surface area contributed by atoms with Crippen LogP contribution in [0.2, 0.25) is 0 Å². The Bertz CT molecular complexity index is 411. The van der Waals surface area contributed by atoms with Crippen LogP contribution in [0.5, 0.6) is 5.75 Å². The summed E-state index contributed by atoms with van der Waals surface area (Å²) in [4.78, 5) is 10.3. The van der Waals surface area contributed by atoms with E-state index >= 15 is 0 Å². The number of carbonyl (C=O) groups is 1. The van der Waals surface area contributed by atoms with Gasteiger partial charge in [0.25, 0.3) is 0 Å². The Balaban J connectivity index is 2.43. The predicted octanol–water partition coefficient (Wildman–Crippen LogP) is 1.47. The monoisotopic (exact) mass is 257 g/mol. The van der Waals surface area contributed by atoms with Crippen molar-refractivity contribution in [2.24, 2.45) is 0 Å². The highest BCUT2D eigenvalue weighted by Crippen LogP contribution is 2.20. The van der Waals surface area contributed by atoms with Gasteiger partial charge in [0.15, 0.2) is 11.6 Å². The number of methoxy groups -OCH3 is 1. The Kier molecular flexibility index (Phi) is 5.38. The van der Waals surface area contributed by atoms with E-state index in [0.717, 1.165) is 0 Å². The Hall–Kier alpha value is -1.82. The molecule has 0 bridgehead atoms. The fourth-order valence-corrected chi connectivity index (χ4v) is 1.40. The summed E-state index contributed by atoms with van der Waals surface area (Å²) in [5.41, 5.74) is 0.502. The van der Waals surface area contributed by atoms with Gasteiger partial charge in [-0.05, 0) is 18.6 Å². The zero-order valence-corrected chi connectivity index (χ0v) is 10.0. The highest BCUT2D eigenvalue weighted by Gasteiger charge is 2.08. The molecule has 3 N–H and O–H groups in total. The third-order valence-electron chi connectivity index (χ3n) is 2.39. The zero-order chi connectivity index (χ0) is 13.5. The molecule has 0 saturated heterocycles. The molecule has 0 aliphatic carbocycles. The topological polar surface area (TPSA) is 78.8 Å². The fourth-order valence-electron chi connectivity index (χ4n) is 1.40. The minimum absolute atomic E-state index is 0.0974. The second-order valence-corrected chi connectivity index (χ2v) is 3.82. The van der Waals surface area contributed by atoms with Crippen LogP contribution >= 0.6 is 0 Å². The highest BCUT2D eigenvalue weighted by molar-refractivity contribution is 5.66. The van der Waals surface area contributed by atoms with Gasteiger partial charge in [0.1, 0.15) is 0 Å². The van der Waals surface area contributed by atoms with Gasteiger partial charge in [0.2, 0.25) is 0 Å². The summed E-state index contributed by atoms with van der Waals surface area (Å²) in [6, 6.07) is 4.34. The molecule has 0 aromatic heterocycles. The summed E-state index contributed by atoms with van der Waals surface area (Å²) in [7, 11) is 1.38. The van der Waals surface area contributed by atoms with Gasteiger partial charge in [0.05, 0.1) is 13.2 Å². The van der Waals surface area contributed by atoms with Crippen LogP contribution in [-0.4, -0.2) is 35.9 Å². The number of aliphatic carboxylic acids is 1. The van der Waals surface area contributed by atoms with E-state index in [9.17, 15) is 14.3 Å². The van der Waals surface area contributed by atoms with Crippen LogP contribution in [0, 0.1) is 5.82 Å². The molecular weight excluding hydrogens is 241 g/mol. The molecule has 100 valence electrons. The second-order valence-electron chi connectivity index (χ2n) is 3.82. The van der Waals surface area contributed by atoms with E-state index in [4.69, 9.17) is 9.84 Å². The molecule has 6 heteroatoms. The van der Waals surface area contributed by atoms with Crippen LogP contribution in [0.25, 0.3) is 0 Å². The lowest BCUT2D eigenvalue weighted by Crippen LogP contribution is -2.20. The zero-order valence-electron chi connectivity index (χ0n) is 10.0. The van der Waals surface area contributed by atoms with Crippen LogP contribution in [0.3, 0.4) is 0 Å². The molecular formula is C12H16FNO4. The Morgan fingerprint density at radius 2 is 2.28 bits per heavy atom. The molecule has 5 nitrogen and oxygen atoms in total. The number of anilines is 1. The highest BCUT2D eigenvalue weighted by atomic mass is 19.1. The Labute approximate surface area is 104 Å². The molecule has 1 atom stereocenters. The van der Waals surface area contributed by atoms with Crippen molar-refractivity contribution in [2.75, 3.05) is 19.0 Å². The van der Waals surface area contributed by atoms with E-state index in [2.05, 4.69) is 5.32 Å². The van der Waals surface area contributed by atoms with Crippen molar-refractivity contribution in [2.45, 2.75) is 18.9 Å². The molecule has 1 aromatic rings. The van der Waals surface area contributed by atoms with Crippen LogP contribution in [0.15, 0.2) is 18.2 Å². The number of aliphatic hydroxyl groups is 1. The smallest absolute Gasteiger partial charge is 0.303 e. The SMILES string of the molecule is COc1ccc(NCC(O)CCC(=O)O)cc1F. The Morgan fingerprint density at radius 1 is 1.56 bits per heavy atom. The number of ether oxygens (including phenoxy) is 1. The molecule has 0 fully saturated rings. The van der Waals surface area contributed by atoms with Gasteiger partial charge in [-0.2, -0.15) is 0 Å². The Morgan fingerprint density at radius 3 is 2.83 bits per heavy atom. The number of hydrogen-bond donors (Lipinski definition) is 3. The molecule has 0 heterocycles. The molecule has 0 radical (unpaired) electrons. The number of carboxylic acid groups (broad SMARTS) is 1. The molecule has 0 spiro atoms. The van der Waals surface area contributed by atoms with Crippen molar-refractivity contribution < 1.29 is 24.1 Å². The first-order chi connectivity index (χ1) is 8.52. The number of halogens is 1. The van der Waals surface area contributed by atoms with Gasteiger partial charge >= 0.3 is 5.97 Å². The minimum atomic E-state index is -0.954. The standard InChI is InChI=1S/C12H16FNO4/c1-18-11-4-2-8(6-10(11)13)14-7-9(15)3-5-12(16)17/h2,4,6,9,14-15H,3,5,7H2,1H3,(H,16,17). The molecule has 1 aromatic carbocycles. The summed E-state index contributed by atoms with van der Waals surface area (Å²) in [6.45, 7) is 0.166. The van der Waals surface area contributed by atoms with Crippen LogP contribution < -0.4 is 10.1 Å². The van der Waals surface area contributed by atoms with E-state index in [-0.39, 0.29) is 25.1 Å². The van der Waals surface area contributed by atoms with Gasteiger partial charge < -0.3 is 20.3 Å². The van der Waals surface area contributed by atoms with Gasteiger partial charge in [-0.1, -0.05) is 0 Å². The maximum atomic E-state index is 13.3. The van der Waals surface area contributed by atoms with Crippen molar-refractivity contribution in [1.29, 1.82) is 0 Å². The quantitative estimate of drug-likeness (QED) is 0.689. The molecule has 18 heavy (non-hydrogen) atoms. The molecule has 0 saturated carbocycles. The average Bonchev–Trinajstić information content (AvgIpc) is 2.34. The molecule has 0 amide bonds. The maximum Gasteiger partial charge on any atom is 0.303 e. The van der Waals surface area contributed by atoms with Crippen molar-refractivity contribution in [3.05, 3.63) is 24.0 Å². The number of carboxylic acids is 1. The van der Waals surface area contributed by atoms with E-state index in [1.807, 2.05) is 0 Å². The average molecular weight is 257 g/mol. The van der Waals surface area contributed by atoms with Gasteiger partial charge in [-0.3, -0.25) is 4.79 Å².